The molecule has 82 valence electrons. The Kier molecular flexibility index (Phi) is 3.24. The predicted molar refractivity (Wildman–Crippen MR) is 61.2 cm³/mol. The molecule has 1 N–H and O–H groups in total. The predicted octanol–water partition coefficient (Wildman–Crippen LogP) is 2.92. The zero-order chi connectivity index (χ0) is 10.7. The molecule has 1 heterocycles. The van der Waals surface area contributed by atoms with E-state index in [1.165, 1.54) is 5.57 Å². The molecule has 0 spiro atoms. The summed E-state index contributed by atoms with van der Waals surface area (Å²) in [6.45, 7) is 2.14. The van der Waals surface area contributed by atoms with Crippen molar-refractivity contribution < 1.29 is 4.79 Å². The summed E-state index contributed by atoms with van der Waals surface area (Å²) in [5.41, 5.74) is 2.44. The molecule has 1 fully saturated rings. The topological polar surface area (TPSA) is 29.1 Å². The molecule has 1 atom stereocenters. The van der Waals surface area contributed by atoms with Gasteiger partial charge in [-0.15, -0.1) is 0 Å². The molecule has 2 nitrogen and oxygen atoms in total. The lowest BCUT2D eigenvalue weighted by Crippen LogP contribution is -2.28. The number of carbonyl (C=O) groups is 1. The molecule has 2 rings (SSSR count). The molecule has 1 unspecified atom stereocenters. The molecule has 0 saturated carbocycles. The molecular formula is C13H19NO. The first-order chi connectivity index (χ1) is 7.31. The lowest BCUT2D eigenvalue weighted by molar-refractivity contribution is -0.124. The fourth-order valence-electron chi connectivity index (χ4n) is 2.41. The summed E-state index contributed by atoms with van der Waals surface area (Å²) in [5, 5.41) is 3.07. The van der Waals surface area contributed by atoms with Gasteiger partial charge in [0.05, 0.1) is 0 Å². The number of allylic oxidation sites excluding steroid dienone is 3. The van der Waals surface area contributed by atoms with Crippen LogP contribution < -0.4 is 5.32 Å². The van der Waals surface area contributed by atoms with Crippen LogP contribution in [-0.2, 0) is 4.79 Å². The van der Waals surface area contributed by atoms with Gasteiger partial charge in [-0.2, -0.15) is 0 Å². The molecule has 0 aromatic carbocycles. The molecule has 1 saturated heterocycles. The van der Waals surface area contributed by atoms with Crippen LogP contribution in [0.1, 0.15) is 45.4 Å². The zero-order valence-electron chi connectivity index (χ0n) is 9.38. The van der Waals surface area contributed by atoms with E-state index in [0.717, 1.165) is 44.2 Å². The molecule has 0 aromatic heterocycles. The van der Waals surface area contributed by atoms with Gasteiger partial charge < -0.3 is 5.32 Å². The van der Waals surface area contributed by atoms with E-state index in [-0.39, 0.29) is 11.8 Å². The minimum Gasteiger partial charge on any atom is -0.326 e. The van der Waals surface area contributed by atoms with Crippen LogP contribution in [-0.4, -0.2) is 5.91 Å². The zero-order valence-corrected chi connectivity index (χ0v) is 9.38. The smallest absolute Gasteiger partial charge is 0.227 e. The molecule has 0 aromatic rings. The lowest BCUT2D eigenvalue weighted by Gasteiger charge is -2.13. The number of carbonyl (C=O) groups excluding carboxylic acids is 1. The fraction of sp³-hybridized carbons (Fsp3) is 0.615. The molecule has 2 heteroatoms. The van der Waals surface area contributed by atoms with Crippen LogP contribution in [0.25, 0.3) is 0 Å². The first kappa shape index (κ1) is 10.5. The molecule has 0 radical (unpaired) electrons. The fourth-order valence-corrected chi connectivity index (χ4v) is 2.41. The van der Waals surface area contributed by atoms with E-state index in [1.807, 2.05) is 0 Å². The highest BCUT2D eigenvalue weighted by molar-refractivity contribution is 5.82. The lowest BCUT2D eigenvalue weighted by atomic mass is 9.94. The van der Waals surface area contributed by atoms with Crippen LogP contribution >= 0.6 is 0 Å². The average Bonchev–Trinajstić information content (AvgIpc) is 2.40. The third-order valence-corrected chi connectivity index (χ3v) is 3.28. The summed E-state index contributed by atoms with van der Waals surface area (Å²) < 4.78 is 0. The van der Waals surface area contributed by atoms with E-state index >= 15 is 0 Å². The van der Waals surface area contributed by atoms with Gasteiger partial charge in [0.1, 0.15) is 0 Å². The van der Waals surface area contributed by atoms with Gasteiger partial charge in [-0.3, -0.25) is 4.79 Å². The van der Waals surface area contributed by atoms with Crippen LogP contribution in [0, 0.1) is 5.92 Å². The Labute approximate surface area is 91.4 Å². The Morgan fingerprint density at radius 2 is 2.20 bits per heavy atom. The van der Waals surface area contributed by atoms with Crippen LogP contribution in [0.4, 0.5) is 0 Å². The highest BCUT2D eigenvalue weighted by Gasteiger charge is 2.24. The normalized spacial score (nSPS) is 25.9. The Hall–Kier alpha value is -1.05. The SMILES string of the molecule is CCCC1CCC2=CCCC=C2NC1=O. The number of rotatable bonds is 2. The minimum absolute atomic E-state index is 0.224. The number of hydrogen-bond acceptors (Lipinski definition) is 1. The largest absolute Gasteiger partial charge is 0.326 e. The summed E-state index contributed by atoms with van der Waals surface area (Å²) in [4.78, 5) is 11.9. The number of nitrogens with one attached hydrogen (secondary N) is 1. The Morgan fingerprint density at radius 3 is 3.00 bits per heavy atom. The highest BCUT2D eigenvalue weighted by Crippen LogP contribution is 2.28. The second-order valence-corrected chi connectivity index (χ2v) is 4.44. The first-order valence-electron chi connectivity index (χ1n) is 6.01. The van der Waals surface area contributed by atoms with E-state index in [4.69, 9.17) is 0 Å². The van der Waals surface area contributed by atoms with Crippen LogP contribution in [0.2, 0.25) is 0 Å². The molecule has 1 aliphatic carbocycles. The Morgan fingerprint density at radius 1 is 1.40 bits per heavy atom. The number of fused-ring (bicyclic) bond motifs is 1. The van der Waals surface area contributed by atoms with Crippen molar-refractivity contribution in [3.63, 3.8) is 0 Å². The summed E-state index contributed by atoms with van der Waals surface area (Å²) >= 11 is 0. The summed E-state index contributed by atoms with van der Waals surface area (Å²) in [5.74, 6) is 0.454. The van der Waals surface area contributed by atoms with Crippen molar-refractivity contribution in [3.05, 3.63) is 23.4 Å². The molecule has 2 aliphatic rings. The van der Waals surface area contributed by atoms with Crippen molar-refractivity contribution in [2.45, 2.75) is 45.4 Å². The summed E-state index contributed by atoms with van der Waals surface area (Å²) in [6.07, 6.45) is 10.8. The second kappa shape index (κ2) is 4.65. The van der Waals surface area contributed by atoms with Crippen molar-refractivity contribution >= 4 is 5.91 Å². The minimum atomic E-state index is 0.224. The van der Waals surface area contributed by atoms with Gasteiger partial charge in [-0.1, -0.05) is 25.5 Å². The standard InChI is InChI=1S/C13H19NO/c1-2-5-11-9-8-10-6-3-4-7-12(10)14-13(11)15/h6-7,11H,2-5,8-9H2,1H3,(H,14,15). The average molecular weight is 205 g/mol. The van der Waals surface area contributed by atoms with Gasteiger partial charge >= 0.3 is 0 Å². The van der Waals surface area contributed by atoms with E-state index in [2.05, 4.69) is 24.4 Å². The second-order valence-electron chi connectivity index (χ2n) is 4.44. The van der Waals surface area contributed by atoms with Crippen molar-refractivity contribution in [1.82, 2.24) is 5.32 Å². The van der Waals surface area contributed by atoms with Crippen LogP contribution in [0.3, 0.4) is 0 Å². The van der Waals surface area contributed by atoms with Gasteiger partial charge in [0.15, 0.2) is 0 Å². The van der Waals surface area contributed by atoms with E-state index < -0.39 is 0 Å². The van der Waals surface area contributed by atoms with Crippen molar-refractivity contribution in [2.75, 3.05) is 0 Å². The van der Waals surface area contributed by atoms with Gasteiger partial charge in [0.25, 0.3) is 0 Å². The van der Waals surface area contributed by atoms with Crippen LogP contribution in [0.15, 0.2) is 23.4 Å². The third-order valence-electron chi connectivity index (χ3n) is 3.28. The molecule has 1 amide bonds. The van der Waals surface area contributed by atoms with E-state index in [0.29, 0.717) is 0 Å². The van der Waals surface area contributed by atoms with Gasteiger partial charge in [0.2, 0.25) is 5.91 Å². The Bertz CT molecular complexity index is 314. The highest BCUT2D eigenvalue weighted by atomic mass is 16.1. The monoisotopic (exact) mass is 205 g/mol. The Balaban J connectivity index is 2.12. The van der Waals surface area contributed by atoms with Crippen molar-refractivity contribution in [3.8, 4) is 0 Å². The first-order valence-corrected chi connectivity index (χ1v) is 6.01. The molecule has 0 bridgehead atoms. The van der Waals surface area contributed by atoms with Crippen molar-refractivity contribution in [1.29, 1.82) is 0 Å². The van der Waals surface area contributed by atoms with Crippen molar-refractivity contribution in [2.24, 2.45) is 5.92 Å². The quantitative estimate of drug-likeness (QED) is 0.738. The maximum Gasteiger partial charge on any atom is 0.227 e. The summed E-state index contributed by atoms with van der Waals surface area (Å²) in [6, 6.07) is 0. The van der Waals surface area contributed by atoms with Gasteiger partial charge in [-0.05, 0) is 37.7 Å². The molecule has 15 heavy (non-hydrogen) atoms. The van der Waals surface area contributed by atoms with E-state index in [1.54, 1.807) is 0 Å². The van der Waals surface area contributed by atoms with Gasteiger partial charge in [0, 0.05) is 11.6 Å². The maximum absolute atomic E-state index is 11.9. The molecular weight excluding hydrogens is 186 g/mol. The van der Waals surface area contributed by atoms with Gasteiger partial charge in [-0.25, -0.2) is 0 Å². The van der Waals surface area contributed by atoms with E-state index in [9.17, 15) is 4.79 Å². The number of amides is 1. The van der Waals surface area contributed by atoms with Crippen LogP contribution in [0.5, 0.6) is 0 Å². The molecule has 1 aliphatic heterocycles. The third kappa shape index (κ3) is 2.31. The number of hydrogen-bond donors (Lipinski definition) is 1. The maximum atomic E-state index is 11.9. The summed E-state index contributed by atoms with van der Waals surface area (Å²) in [7, 11) is 0.